The lowest BCUT2D eigenvalue weighted by atomic mass is 9.99. The third-order valence-corrected chi connectivity index (χ3v) is 3.12. The zero-order valence-electron chi connectivity index (χ0n) is 11.3. The van der Waals surface area contributed by atoms with Crippen LogP contribution in [0.15, 0.2) is 11.1 Å². The van der Waals surface area contributed by atoms with Crippen molar-refractivity contribution >= 4 is 5.97 Å². The van der Waals surface area contributed by atoms with Crippen molar-refractivity contribution in [2.75, 3.05) is 20.5 Å². The second kappa shape index (κ2) is 7.51. The number of esters is 1. The Hall–Kier alpha value is -0.910. The first-order chi connectivity index (χ1) is 8.65. The zero-order chi connectivity index (χ0) is 13.5. The highest BCUT2D eigenvalue weighted by molar-refractivity contribution is 5.91. The van der Waals surface area contributed by atoms with E-state index in [4.69, 9.17) is 14.2 Å². The summed E-state index contributed by atoms with van der Waals surface area (Å²) in [6.07, 6.45) is 2.04. The van der Waals surface area contributed by atoms with Crippen molar-refractivity contribution < 1.29 is 24.1 Å². The average molecular weight is 258 g/mol. The maximum atomic E-state index is 11.5. The Kier molecular flexibility index (Phi) is 6.32. The van der Waals surface area contributed by atoms with Gasteiger partial charge in [-0.3, -0.25) is 0 Å². The summed E-state index contributed by atoms with van der Waals surface area (Å²) in [5.41, 5.74) is 1.11. The molecule has 1 heterocycles. The standard InChI is InChI=1S/C13H22O5/c1-4-5-6-11(17-8-16-3)12-10(7-14)9(2)13(15)18-12/h11-12,14H,4-8H2,1-3H3/t11-,12-/m0/s1. The molecule has 1 aliphatic heterocycles. The van der Waals surface area contributed by atoms with Gasteiger partial charge in [0.05, 0.1) is 6.61 Å². The SMILES string of the molecule is CCCC[C@H](OCOC)[C@H]1OC(=O)C(C)=C1CO. The summed E-state index contributed by atoms with van der Waals surface area (Å²) >= 11 is 0. The number of aliphatic hydroxyl groups is 1. The molecular weight excluding hydrogens is 236 g/mol. The van der Waals surface area contributed by atoms with Crippen LogP contribution in [0.3, 0.4) is 0 Å². The molecule has 0 unspecified atom stereocenters. The van der Waals surface area contributed by atoms with Gasteiger partial charge in [0.1, 0.15) is 12.9 Å². The van der Waals surface area contributed by atoms with Crippen molar-refractivity contribution in [3.8, 4) is 0 Å². The molecule has 5 heteroatoms. The van der Waals surface area contributed by atoms with Crippen LogP contribution in [0.4, 0.5) is 0 Å². The number of carbonyl (C=O) groups excluding carboxylic acids is 1. The van der Waals surface area contributed by atoms with E-state index in [1.165, 1.54) is 0 Å². The van der Waals surface area contributed by atoms with Crippen molar-refractivity contribution in [2.24, 2.45) is 0 Å². The monoisotopic (exact) mass is 258 g/mol. The molecule has 2 atom stereocenters. The van der Waals surface area contributed by atoms with Gasteiger partial charge in [-0.15, -0.1) is 0 Å². The summed E-state index contributed by atoms with van der Waals surface area (Å²) in [7, 11) is 1.55. The van der Waals surface area contributed by atoms with Crippen LogP contribution in [0.2, 0.25) is 0 Å². The van der Waals surface area contributed by atoms with E-state index >= 15 is 0 Å². The van der Waals surface area contributed by atoms with Gasteiger partial charge in [-0.1, -0.05) is 19.8 Å². The Balaban J connectivity index is 2.75. The van der Waals surface area contributed by atoms with Crippen molar-refractivity contribution in [1.82, 2.24) is 0 Å². The Morgan fingerprint density at radius 2 is 2.22 bits per heavy atom. The van der Waals surface area contributed by atoms with Gasteiger partial charge < -0.3 is 19.3 Å². The lowest BCUT2D eigenvalue weighted by Crippen LogP contribution is -2.33. The summed E-state index contributed by atoms with van der Waals surface area (Å²) in [5, 5.41) is 9.35. The Labute approximate surface area is 108 Å². The molecule has 0 saturated heterocycles. The van der Waals surface area contributed by atoms with Crippen molar-refractivity contribution in [3.63, 3.8) is 0 Å². The third kappa shape index (κ3) is 3.54. The molecule has 0 fully saturated rings. The first kappa shape index (κ1) is 15.1. The summed E-state index contributed by atoms with van der Waals surface area (Å²) in [6, 6.07) is 0. The number of hydrogen-bond donors (Lipinski definition) is 1. The Morgan fingerprint density at radius 3 is 2.78 bits per heavy atom. The van der Waals surface area contributed by atoms with Crippen LogP contribution < -0.4 is 0 Å². The fourth-order valence-electron chi connectivity index (χ4n) is 2.01. The van der Waals surface area contributed by atoms with E-state index in [1.807, 2.05) is 0 Å². The molecule has 104 valence electrons. The normalized spacial score (nSPS) is 21.3. The van der Waals surface area contributed by atoms with Gasteiger partial charge in [-0.25, -0.2) is 4.79 Å². The van der Waals surface area contributed by atoms with Crippen LogP contribution >= 0.6 is 0 Å². The first-order valence-corrected chi connectivity index (χ1v) is 6.27. The van der Waals surface area contributed by atoms with E-state index in [-0.39, 0.29) is 25.5 Å². The maximum Gasteiger partial charge on any atom is 0.334 e. The van der Waals surface area contributed by atoms with Crippen LogP contribution in [0, 0.1) is 0 Å². The first-order valence-electron chi connectivity index (χ1n) is 6.27. The molecule has 0 spiro atoms. The van der Waals surface area contributed by atoms with Crippen LogP contribution in [0.25, 0.3) is 0 Å². The summed E-state index contributed by atoms with van der Waals surface area (Å²) in [6.45, 7) is 3.73. The number of unbranched alkanes of at least 4 members (excludes halogenated alkanes) is 1. The van der Waals surface area contributed by atoms with E-state index < -0.39 is 6.10 Å². The van der Waals surface area contributed by atoms with E-state index in [0.717, 1.165) is 19.3 Å². The van der Waals surface area contributed by atoms with Gasteiger partial charge in [0.15, 0.2) is 6.10 Å². The third-order valence-electron chi connectivity index (χ3n) is 3.12. The van der Waals surface area contributed by atoms with E-state index in [2.05, 4.69) is 6.92 Å². The van der Waals surface area contributed by atoms with Crippen LogP contribution in [0.5, 0.6) is 0 Å². The Morgan fingerprint density at radius 1 is 1.50 bits per heavy atom. The molecule has 1 rings (SSSR count). The second-order valence-electron chi connectivity index (χ2n) is 4.39. The highest BCUT2D eigenvalue weighted by Crippen LogP contribution is 2.28. The molecule has 0 aromatic heterocycles. The molecule has 0 amide bonds. The molecule has 0 aliphatic carbocycles. The van der Waals surface area contributed by atoms with Gasteiger partial charge in [-0.2, -0.15) is 0 Å². The lowest BCUT2D eigenvalue weighted by molar-refractivity contribution is -0.153. The van der Waals surface area contributed by atoms with E-state index in [9.17, 15) is 9.90 Å². The molecule has 0 bridgehead atoms. The fraction of sp³-hybridized carbons (Fsp3) is 0.769. The maximum absolute atomic E-state index is 11.5. The highest BCUT2D eigenvalue weighted by Gasteiger charge is 2.37. The molecule has 0 radical (unpaired) electrons. The smallest absolute Gasteiger partial charge is 0.334 e. The van der Waals surface area contributed by atoms with Gasteiger partial charge in [0, 0.05) is 18.3 Å². The number of carbonyl (C=O) groups is 1. The minimum Gasteiger partial charge on any atom is -0.452 e. The van der Waals surface area contributed by atoms with E-state index in [1.54, 1.807) is 14.0 Å². The molecular formula is C13H22O5. The predicted molar refractivity (Wildman–Crippen MR) is 65.9 cm³/mol. The highest BCUT2D eigenvalue weighted by atomic mass is 16.7. The van der Waals surface area contributed by atoms with Crippen LogP contribution in [-0.4, -0.2) is 43.8 Å². The zero-order valence-corrected chi connectivity index (χ0v) is 11.3. The summed E-state index contributed by atoms with van der Waals surface area (Å²) in [4.78, 5) is 11.5. The summed E-state index contributed by atoms with van der Waals surface area (Å²) in [5.74, 6) is -0.369. The quantitative estimate of drug-likeness (QED) is 0.526. The lowest BCUT2D eigenvalue weighted by Gasteiger charge is -2.24. The second-order valence-corrected chi connectivity index (χ2v) is 4.39. The largest absolute Gasteiger partial charge is 0.452 e. The summed E-state index contributed by atoms with van der Waals surface area (Å²) < 4.78 is 15.7. The number of methoxy groups -OCH3 is 1. The number of hydrogen-bond acceptors (Lipinski definition) is 5. The van der Waals surface area contributed by atoms with Gasteiger partial charge >= 0.3 is 5.97 Å². The number of ether oxygens (including phenoxy) is 3. The predicted octanol–water partition coefficient (Wildman–Crippen LogP) is 1.40. The molecule has 0 aromatic carbocycles. The molecule has 5 nitrogen and oxygen atoms in total. The van der Waals surface area contributed by atoms with Crippen LogP contribution in [-0.2, 0) is 19.0 Å². The minimum atomic E-state index is -0.482. The van der Waals surface area contributed by atoms with Crippen LogP contribution in [0.1, 0.15) is 33.1 Å². The van der Waals surface area contributed by atoms with Crippen molar-refractivity contribution in [1.29, 1.82) is 0 Å². The molecule has 0 saturated carbocycles. The van der Waals surface area contributed by atoms with Gasteiger partial charge in [0.25, 0.3) is 0 Å². The number of cyclic esters (lactones) is 1. The van der Waals surface area contributed by atoms with Crippen molar-refractivity contribution in [3.05, 3.63) is 11.1 Å². The minimum absolute atomic E-state index is 0.153. The topological polar surface area (TPSA) is 65.0 Å². The van der Waals surface area contributed by atoms with E-state index in [0.29, 0.717) is 11.1 Å². The van der Waals surface area contributed by atoms with Crippen molar-refractivity contribution in [2.45, 2.75) is 45.3 Å². The fourth-order valence-corrected chi connectivity index (χ4v) is 2.01. The Bertz CT molecular complexity index is 303. The molecule has 18 heavy (non-hydrogen) atoms. The van der Waals surface area contributed by atoms with Gasteiger partial charge in [-0.05, 0) is 13.3 Å². The molecule has 1 aliphatic rings. The number of aliphatic hydroxyl groups excluding tert-OH is 1. The average Bonchev–Trinajstić information content (AvgIpc) is 2.65. The van der Waals surface area contributed by atoms with Gasteiger partial charge in [0.2, 0.25) is 0 Å². The molecule has 1 N–H and O–H groups in total. The molecule has 0 aromatic rings. The number of rotatable bonds is 8.